The van der Waals surface area contributed by atoms with E-state index < -0.39 is 0 Å². The van der Waals surface area contributed by atoms with E-state index in [0.29, 0.717) is 19.2 Å². The van der Waals surface area contributed by atoms with Crippen LogP contribution in [0.4, 0.5) is 5.69 Å². The number of rotatable bonds is 5. The van der Waals surface area contributed by atoms with E-state index in [1.165, 1.54) is 12.8 Å². The van der Waals surface area contributed by atoms with Gasteiger partial charge in [-0.1, -0.05) is 0 Å². The van der Waals surface area contributed by atoms with Crippen molar-refractivity contribution in [3.05, 3.63) is 33.4 Å². The molecule has 21 heavy (non-hydrogen) atoms. The third kappa shape index (κ3) is 3.01. The number of benzene rings is 1. The Morgan fingerprint density at radius 3 is 2.90 bits per heavy atom. The highest BCUT2D eigenvalue weighted by molar-refractivity contribution is 5.50. The molecule has 0 bridgehead atoms. The van der Waals surface area contributed by atoms with Crippen molar-refractivity contribution in [2.24, 2.45) is 5.92 Å². The van der Waals surface area contributed by atoms with E-state index in [1.54, 1.807) is 12.1 Å². The van der Waals surface area contributed by atoms with Gasteiger partial charge in [0.2, 0.25) is 0 Å². The number of hydrogen-bond acceptors (Lipinski definition) is 5. The fourth-order valence-corrected chi connectivity index (χ4v) is 2.85. The highest BCUT2D eigenvalue weighted by atomic mass is 16.7. The zero-order chi connectivity index (χ0) is 15.0. The highest BCUT2D eigenvalue weighted by Crippen LogP contribution is 2.37. The van der Waals surface area contributed by atoms with Crippen molar-refractivity contribution in [1.29, 1.82) is 0 Å². The predicted octanol–water partition coefficient (Wildman–Crippen LogP) is 2.69. The molecule has 6 heteroatoms. The lowest BCUT2D eigenvalue weighted by Gasteiger charge is -2.27. The summed E-state index contributed by atoms with van der Waals surface area (Å²) >= 11 is 0. The molecular weight excluding hydrogens is 272 g/mol. The Kier molecular flexibility index (Phi) is 3.82. The summed E-state index contributed by atoms with van der Waals surface area (Å²) in [6.45, 7) is 3.44. The molecular formula is C15H20N2O4. The quantitative estimate of drug-likeness (QED) is 0.616. The average Bonchev–Trinajstić information content (AvgIpc) is 3.30. The van der Waals surface area contributed by atoms with Gasteiger partial charge >= 0.3 is 0 Å². The van der Waals surface area contributed by atoms with Crippen LogP contribution in [0.3, 0.4) is 0 Å². The lowest BCUT2D eigenvalue weighted by molar-refractivity contribution is -0.385. The fourth-order valence-electron chi connectivity index (χ4n) is 2.85. The molecule has 1 aromatic rings. The van der Waals surface area contributed by atoms with E-state index in [9.17, 15) is 10.1 Å². The second-order valence-electron chi connectivity index (χ2n) is 5.95. The maximum atomic E-state index is 11.1. The van der Waals surface area contributed by atoms with E-state index in [-0.39, 0.29) is 17.4 Å². The summed E-state index contributed by atoms with van der Waals surface area (Å²) in [5, 5.41) is 11.1. The lowest BCUT2D eigenvalue weighted by Crippen LogP contribution is -2.30. The van der Waals surface area contributed by atoms with Crippen molar-refractivity contribution in [3.8, 4) is 5.75 Å². The van der Waals surface area contributed by atoms with Gasteiger partial charge in [-0.2, -0.15) is 0 Å². The average molecular weight is 292 g/mol. The van der Waals surface area contributed by atoms with E-state index in [2.05, 4.69) is 18.9 Å². The van der Waals surface area contributed by atoms with Crippen molar-refractivity contribution in [2.45, 2.75) is 39.0 Å². The number of ether oxygens (including phenoxy) is 2. The third-order valence-corrected chi connectivity index (χ3v) is 4.40. The molecule has 0 N–H and O–H groups in total. The second-order valence-corrected chi connectivity index (χ2v) is 5.95. The molecule has 0 amide bonds. The molecule has 0 spiro atoms. The SMILES string of the molecule is C[C@@H](C1CC1)N(C)Cc1cc([N+](=O)[O-])cc2c1OCOC2. The molecule has 1 aromatic carbocycles. The molecule has 1 saturated carbocycles. The maximum absolute atomic E-state index is 11.1. The van der Waals surface area contributed by atoms with Crippen LogP contribution in [0.1, 0.15) is 30.9 Å². The highest BCUT2D eigenvalue weighted by Gasteiger charge is 2.31. The number of non-ortho nitro benzene ring substituents is 1. The summed E-state index contributed by atoms with van der Waals surface area (Å²) in [5.41, 5.74) is 1.74. The zero-order valence-corrected chi connectivity index (χ0v) is 12.4. The van der Waals surface area contributed by atoms with E-state index in [0.717, 1.165) is 22.8 Å². The summed E-state index contributed by atoms with van der Waals surface area (Å²) in [6, 6.07) is 3.66. The van der Waals surface area contributed by atoms with Crippen LogP contribution in [0.5, 0.6) is 5.75 Å². The Bertz CT molecular complexity index is 557. The first-order chi connectivity index (χ1) is 10.1. The van der Waals surface area contributed by atoms with Crippen LogP contribution in [0.15, 0.2) is 12.1 Å². The van der Waals surface area contributed by atoms with Gasteiger partial charge in [0.05, 0.1) is 11.5 Å². The van der Waals surface area contributed by atoms with Gasteiger partial charge in [-0.05, 0) is 32.7 Å². The van der Waals surface area contributed by atoms with Crippen LogP contribution in [-0.2, 0) is 17.9 Å². The van der Waals surface area contributed by atoms with Crippen molar-refractivity contribution >= 4 is 5.69 Å². The molecule has 0 aromatic heterocycles. The zero-order valence-electron chi connectivity index (χ0n) is 12.4. The minimum Gasteiger partial charge on any atom is -0.467 e. The molecule has 1 atom stereocenters. The van der Waals surface area contributed by atoms with Gasteiger partial charge in [0.1, 0.15) is 5.75 Å². The molecule has 6 nitrogen and oxygen atoms in total. The van der Waals surface area contributed by atoms with Gasteiger partial charge in [-0.25, -0.2) is 0 Å². The van der Waals surface area contributed by atoms with Gasteiger partial charge < -0.3 is 9.47 Å². The first-order valence-corrected chi connectivity index (χ1v) is 7.27. The summed E-state index contributed by atoms with van der Waals surface area (Å²) in [4.78, 5) is 13.0. The number of hydrogen-bond donors (Lipinski definition) is 0. The molecule has 1 fully saturated rings. The Morgan fingerprint density at radius 1 is 1.48 bits per heavy atom. The smallest absolute Gasteiger partial charge is 0.270 e. The molecule has 0 unspecified atom stereocenters. The number of nitro groups is 1. The number of nitrogens with zero attached hydrogens (tertiary/aromatic N) is 2. The van der Waals surface area contributed by atoms with E-state index in [1.807, 2.05) is 0 Å². The maximum Gasteiger partial charge on any atom is 0.270 e. The summed E-state index contributed by atoms with van der Waals surface area (Å²) < 4.78 is 10.8. The van der Waals surface area contributed by atoms with Gasteiger partial charge in [-0.3, -0.25) is 15.0 Å². The van der Waals surface area contributed by atoms with Crippen molar-refractivity contribution < 1.29 is 14.4 Å². The van der Waals surface area contributed by atoms with Gasteiger partial charge in [-0.15, -0.1) is 0 Å². The molecule has 1 aliphatic heterocycles. The van der Waals surface area contributed by atoms with E-state index in [4.69, 9.17) is 9.47 Å². The van der Waals surface area contributed by atoms with Crippen molar-refractivity contribution in [1.82, 2.24) is 4.90 Å². The summed E-state index contributed by atoms with van der Waals surface area (Å²) in [6.07, 6.45) is 2.56. The van der Waals surface area contributed by atoms with Gasteiger partial charge in [0, 0.05) is 35.8 Å². The second kappa shape index (κ2) is 5.61. The summed E-state index contributed by atoms with van der Waals surface area (Å²) in [7, 11) is 2.06. The molecule has 2 aliphatic rings. The van der Waals surface area contributed by atoms with Gasteiger partial charge in [0.15, 0.2) is 6.79 Å². The Morgan fingerprint density at radius 2 is 2.24 bits per heavy atom. The minimum atomic E-state index is -0.358. The van der Waals surface area contributed by atoms with Crippen LogP contribution in [0.25, 0.3) is 0 Å². The van der Waals surface area contributed by atoms with Crippen molar-refractivity contribution in [3.63, 3.8) is 0 Å². The molecule has 0 radical (unpaired) electrons. The largest absolute Gasteiger partial charge is 0.467 e. The van der Waals surface area contributed by atoms with Crippen LogP contribution in [0, 0.1) is 16.0 Å². The standard InChI is InChI=1S/C15H20N2O4/c1-10(11-3-4-11)16(2)7-12-5-14(17(18)19)6-13-8-20-9-21-15(12)13/h5-6,10-11H,3-4,7-9H2,1-2H3/t10-/m0/s1. The monoisotopic (exact) mass is 292 g/mol. The summed E-state index contributed by atoms with van der Waals surface area (Å²) in [5.74, 6) is 1.51. The number of fused-ring (bicyclic) bond motifs is 1. The van der Waals surface area contributed by atoms with Crippen LogP contribution in [0.2, 0.25) is 0 Å². The molecule has 0 saturated heterocycles. The lowest BCUT2D eigenvalue weighted by atomic mass is 10.1. The first kappa shape index (κ1) is 14.3. The van der Waals surface area contributed by atoms with E-state index >= 15 is 0 Å². The Hall–Kier alpha value is -1.66. The third-order valence-electron chi connectivity index (χ3n) is 4.40. The molecule has 1 heterocycles. The molecule has 1 aliphatic carbocycles. The topological polar surface area (TPSA) is 64.8 Å². The van der Waals surface area contributed by atoms with Crippen LogP contribution >= 0.6 is 0 Å². The Labute approximate surface area is 123 Å². The minimum absolute atomic E-state index is 0.102. The fraction of sp³-hybridized carbons (Fsp3) is 0.600. The molecule has 114 valence electrons. The van der Waals surface area contributed by atoms with Crippen molar-refractivity contribution in [2.75, 3.05) is 13.8 Å². The predicted molar refractivity (Wildman–Crippen MR) is 77.0 cm³/mol. The molecule has 3 rings (SSSR count). The van der Waals surface area contributed by atoms with Crippen LogP contribution < -0.4 is 4.74 Å². The number of nitro benzene ring substituents is 1. The normalized spacial score (nSPS) is 19.0. The first-order valence-electron chi connectivity index (χ1n) is 7.27. The van der Waals surface area contributed by atoms with Gasteiger partial charge in [0.25, 0.3) is 5.69 Å². The Balaban J connectivity index is 1.88. The van der Waals surface area contributed by atoms with Crippen LogP contribution in [-0.4, -0.2) is 29.7 Å².